The van der Waals surface area contributed by atoms with E-state index in [0.717, 1.165) is 30.1 Å². The molecule has 1 aliphatic heterocycles. The molecule has 6 heteroatoms. The Bertz CT molecular complexity index is 582. The van der Waals surface area contributed by atoms with Crippen LogP contribution in [0.2, 0.25) is 0 Å². The zero-order valence-corrected chi connectivity index (χ0v) is 10.5. The molecule has 0 atom stereocenters. The predicted molar refractivity (Wildman–Crippen MR) is 70.8 cm³/mol. The molecule has 0 bridgehead atoms. The van der Waals surface area contributed by atoms with E-state index in [-0.39, 0.29) is 5.91 Å². The lowest BCUT2D eigenvalue weighted by Gasteiger charge is -2.29. The Kier molecular flexibility index (Phi) is 2.71. The first-order valence-corrected chi connectivity index (χ1v) is 6.50. The summed E-state index contributed by atoms with van der Waals surface area (Å²) in [6.45, 7) is 0.715. The number of fused-ring (bicyclic) bond motifs is 1. The monoisotopic (exact) mass is 260 g/mol. The SMILES string of the molecule is Nc1ccc2c(c1)N(C(=O)c1cnns1)CCC2. The fourth-order valence-corrected chi connectivity index (χ4v) is 2.66. The molecule has 2 aromatic rings. The second-order valence-electron chi connectivity index (χ2n) is 4.23. The van der Waals surface area contributed by atoms with Gasteiger partial charge in [-0.15, -0.1) is 5.10 Å². The highest BCUT2D eigenvalue weighted by atomic mass is 32.1. The van der Waals surface area contributed by atoms with Gasteiger partial charge >= 0.3 is 0 Å². The molecule has 18 heavy (non-hydrogen) atoms. The number of benzene rings is 1. The standard InChI is InChI=1S/C12H12N4OS/c13-9-4-3-8-2-1-5-16(10(8)6-9)12(17)11-7-14-15-18-11/h3-4,6-7H,1-2,5,13H2. The predicted octanol–water partition coefficient (Wildman–Crippen LogP) is 1.71. The molecule has 2 N–H and O–H groups in total. The van der Waals surface area contributed by atoms with Crippen LogP contribution in [0.4, 0.5) is 11.4 Å². The van der Waals surface area contributed by atoms with Crippen molar-refractivity contribution in [1.29, 1.82) is 0 Å². The van der Waals surface area contributed by atoms with Crippen LogP contribution < -0.4 is 10.6 Å². The molecule has 1 aromatic heterocycles. The number of hydrogen-bond donors (Lipinski definition) is 1. The van der Waals surface area contributed by atoms with E-state index >= 15 is 0 Å². The number of aromatic nitrogens is 2. The van der Waals surface area contributed by atoms with Crippen molar-refractivity contribution in [2.24, 2.45) is 0 Å². The molecule has 0 radical (unpaired) electrons. The number of carbonyl (C=O) groups excluding carboxylic acids is 1. The average molecular weight is 260 g/mol. The molecule has 0 saturated heterocycles. The highest BCUT2D eigenvalue weighted by molar-refractivity contribution is 7.07. The lowest BCUT2D eigenvalue weighted by atomic mass is 10.0. The van der Waals surface area contributed by atoms with Gasteiger partial charge in [-0.2, -0.15) is 0 Å². The smallest absolute Gasteiger partial charge is 0.271 e. The maximum Gasteiger partial charge on any atom is 0.271 e. The number of nitrogens with zero attached hydrogens (tertiary/aromatic N) is 3. The van der Waals surface area contributed by atoms with Crippen molar-refractivity contribution in [3.8, 4) is 0 Å². The molecule has 0 aliphatic carbocycles. The molecule has 3 rings (SSSR count). The Morgan fingerprint density at radius 1 is 1.44 bits per heavy atom. The lowest BCUT2D eigenvalue weighted by Crippen LogP contribution is -2.35. The molecule has 0 unspecified atom stereocenters. The molecule has 0 spiro atoms. The normalized spacial score (nSPS) is 14.3. The van der Waals surface area contributed by atoms with E-state index in [9.17, 15) is 4.79 Å². The van der Waals surface area contributed by atoms with Crippen molar-refractivity contribution in [1.82, 2.24) is 9.59 Å². The van der Waals surface area contributed by atoms with Crippen LogP contribution in [0, 0.1) is 0 Å². The number of carbonyl (C=O) groups is 1. The van der Waals surface area contributed by atoms with Gasteiger partial charge in [-0.1, -0.05) is 10.6 Å². The quantitative estimate of drug-likeness (QED) is 0.792. The van der Waals surface area contributed by atoms with Crippen molar-refractivity contribution in [3.63, 3.8) is 0 Å². The van der Waals surface area contributed by atoms with E-state index in [1.54, 1.807) is 4.90 Å². The van der Waals surface area contributed by atoms with Crippen LogP contribution in [0.25, 0.3) is 0 Å². The largest absolute Gasteiger partial charge is 0.399 e. The molecule has 92 valence electrons. The Balaban J connectivity index is 2.01. The molecule has 0 fully saturated rings. The average Bonchev–Trinajstić information content (AvgIpc) is 2.91. The summed E-state index contributed by atoms with van der Waals surface area (Å²) in [6.07, 6.45) is 3.46. The molecule has 0 saturated carbocycles. The second-order valence-corrected chi connectivity index (χ2v) is 5.02. The van der Waals surface area contributed by atoms with E-state index in [1.165, 1.54) is 11.8 Å². The van der Waals surface area contributed by atoms with Gasteiger partial charge in [-0.3, -0.25) is 4.79 Å². The molecule has 2 heterocycles. The second kappa shape index (κ2) is 4.38. The van der Waals surface area contributed by atoms with Crippen molar-refractivity contribution < 1.29 is 4.79 Å². The summed E-state index contributed by atoms with van der Waals surface area (Å²) in [7, 11) is 0. The zero-order chi connectivity index (χ0) is 12.5. The fraction of sp³-hybridized carbons (Fsp3) is 0.250. The fourth-order valence-electron chi connectivity index (χ4n) is 2.20. The van der Waals surface area contributed by atoms with Crippen molar-refractivity contribution in [2.75, 3.05) is 17.2 Å². The summed E-state index contributed by atoms with van der Waals surface area (Å²) in [5.41, 5.74) is 8.56. The molecular formula is C12H12N4OS. The Labute approximate surface area is 108 Å². The van der Waals surface area contributed by atoms with Gasteiger partial charge < -0.3 is 10.6 Å². The van der Waals surface area contributed by atoms with Crippen LogP contribution in [-0.2, 0) is 6.42 Å². The van der Waals surface area contributed by atoms with Crippen LogP contribution in [0.3, 0.4) is 0 Å². The third kappa shape index (κ3) is 1.84. The van der Waals surface area contributed by atoms with Crippen molar-refractivity contribution in [2.45, 2.75) is 12.8 Å². The van der Waals surface area contributed by atoms with Crippen molar-refractivity contribution >= 4 is 28.8 Å². The van der Waals surface area contributed by atoms with E-state index in [4.69, 9.17) is 5.73 Å². The van der Waals surface area contributed by atoms with Gasteiger partial charge in [0.25, 0.3) is 5.91 Å². The Morgan fingerprint density at radius 3 is 3.11 bits per heavy atom. The minimum atomic E-state index is -0.0449. The number of nitrogen functional groups attached to an aromatic ring is 1. The van der Waals surface area contributed by atoms with Crippen LogP contribution >= 0.6 is 11.5 Å². The van der Waals surface area contributed by atoms with Crippen molar-refractivity contribution in [3.05, 3.63) is 34.8 Å². The van der Waals surface area contributed by atoms with E-state index < -0.39 is 0 Å². The molecular weight excluding hydrogens is 248 g/mol. The maximum absolute atomic E-state index is 12.4. The first-order valence-electron chi connectivity index (χ1n) is 5.73. The number of anilines is 2. The van der Waals surface area contributed by atoms with Crippen LogP contribution in [-0.4, -0.2) is 22.0 Å². The minimum Gasteiger partial charge on any atom is -0.399 e. The summed E-state index contributed by atoms with van der Waals surface area (Å²) >= 11 is 1.12. The molecule has 1 amide bonds. The Hall–Kier alpha value is -1.95. The number of nitrogens with two attached hydrogens (primary N) is 1. The van der Waals surface area contributed by atoms with E-state index in [1.807, 2.05) is 18.2 Å². The number of rotatable bonds is 1. The van der Waals surface area contributed by atoms with Gasteiger partial charge in [0.1, 0.15) is 4.88 Å². The topological polar surface area (TPSA) is 72.1 Å². The number of hydrogen-bond acceptors (Lipinski definition) is 5. The van der Waals surface area contributed by atoms with Gasteiger partial charge in [-0.25, -0.2) is 0 Å². The number of amides is 1. The van der Waals surface area contributed by atoms with Gasteiger partial charge in [0.2, 0.25) is 0 Å². The number of aryl methyl sites for hydroxylation is 1. The summed E-state index contributed by atoms with van der Waals surface area (Å²) in [4.78, 5) is 14.7. The Morgan fingerprint density at radius 2 is 2.33 bits per heavy atom. The lowest BCUT2D eigenvalue weighted by molar-refractivity contribution is 0.0989. The van der Waals surface area contributed by atoms with Crippen LogP contribution in [0.1, 0.15) is 21.7 Å². The summed E-state index contributed by atoms with van der Waals surface area (Å²) in [5.74, 6) is -0.0449. The third-order valence-corrected chi connectivity index (χ3v) is 3.70. The highest BCUT2D eigenvalue weighted by Gasteiger charge is 2.24. The highest BCUT2D eigenvalue weighted by Crippen LogP contribution is 2.30. The maximum atomic E-state index is 12.4. The summed E-state index contributed by atoms with van der Waals surface area (Å²) in [6, 6.07) is 5.73. The zero-order valence-electron chi connectivity index (χ0n) is 9.67. The van der Waals surface area contributed by atoms with Gasteiger partial charge in [0.15, 0.2) is 0 Å². The summed E-state index contributed by atoms with van der Waals surface area (Å²) in [5, 5.41) is 3.71. The van der Waals surface area contributed by atoms with Crippen LogP contribution in [0.5, 0.6) is 0 Å². The summed E-state index contributed by atoms with van der Waals surface area (Å²) < 4.78 is 3.73. The van der Waals surface area contributed by atoms with E-state index in [2.05, 4.69) is 9.59 Å². The van der Waals surface area contributed by atoms with E-state index in [0.29, 0.717) is 17.1 Å². The minimum absolute atomic E-state index is 0.0449. The van der Waals surface area contributed by atoms with Gasteiger partial charge in [0, 0.05) is 17.9 Å². The van der Waals surface area contributed by atoms with Gasteiger partial charge in [0.05, 0.1) is 6.20 Å². The first kappa shape index (κ1) is 11.2. The molecule has 1 aromatic carbocycles. The third-order valence-electron chi connectivity index (χ3n) is 3.05. The van der Waals surface area contributed by atoms with Crippen LogP contribution in [0.15, 0.2) is 24.4 Å². The molecule has 1 aliphatic rings. The first-order chi connectivity index (χ1) is 8.75. The molecule has 5 nitrogen and oxygen atoms in total. The van der Waals surface area contributed by atoms with Gasteiger partial charge in [-0.05, 0) is 42.1 Å².